The van der Waals surface area contributed by atoms with E-state index in [-0.39, 0.29) is 16.4 Å². The van der Waals surface area contributed by atoms with E-state index in [1.807, 2.05) is 0 Å². The molecule has 1 atom stereocenters. The van der Waals surface area contributed by atoms with Crippen LogP contribution in [0.25, 0.3) is 0 Å². The molecule has 1 fully saturated rings. The highest BCUT2D eigenvalue weighted by atomic mass is 32.2. The first-order valence-electron chi connectivity index (χ1n) is 7.59. The third-order valence-corrected chi connectivity index (χ3v) is 4.83. The molecule has 9 heteroatoms. The fourth-order valence-corrected chi connectivity index (χ4v) is 3.56. The van der Waals surface area contributed by atoms with Crippen LogP contribution in [0.3, 0.4) is 0 Å². The Kier molecular flexibility index (Phi) is 4.89. The molecule has 2 aliphatic rings. The van der Waals surface area contributed by atoms with Gasteiger partial charge in [0.05, 0.1) is 12.2 Å². The first-order chi connectivity index (χ1) is 11.5. The smallest absolute Gasteiger partial charge is 0.286 e. The van der Waals surface area contributed by atoms with Crippen LogP contribution in [0.15, 0.2) is 23.3 Å². The van der Waals surface area contributed by atoms with Crippen LogP contribution in [-0.4, -0.2) is 48.9 Å². The largest absolute Gasteiger partial charge is 0.355 e. The van der Waals surface area contributed by atoms with Gasteiger partial charge in [-0.1, -0.05) is 11.8 Å². The van der Waals surface area contributed by atoms with Crippen LogP contribution in [0.5, 0.6) is 0 Å². The summed E-state index contributed by atoms with van der Waals surface area (Å²) >= 11 is 1.16. The van der Waals surface area contributed by atoms with Crippen LogP contribution in [0.4, 0.5) is 20.6 Å². The van der Waals surface area contributed by atoms with Crippen molar-refractivity contribution in [3.05, 3.63) is 24.0 Å². The second kappa shape index (κ2) is 7.08. The fourth-order valence-electron chi connectivity index (χ4n) is 2.58. The number of halogens is 1. The molecule has 24 heavy (non-hydrogen) atoms. The molecule has 7 nitrogen and oxygen atoms in total. The maximum absolute atomic E-state index is 14.4. The number of carbonyl (C=O) groups excluding carboxylic acids is 2. The highest BCUT2D eigenvalue weighted by molar-refractivity contribution is 8.14. The average Bonchev–Trinajstić information content (AvgIpc) is 2.94. The number of benzene rings is 1. The zero-order chi connectivity index (χ0) is 17.1. The Morgan fingerprint density at radius 3 is 3.04 bits per heavy atom. The Morgan fingerprint density at radius 2 is 2.38 bits per heavy atom. The summed E-state index contributed by atoms with van der Waals surface area (Å²) in [5.74, 6) is -0.529. The van der Waals surface area contributed by atoms with Crippen LogP contribution in [-0.2, 0) is 4.79 Å². The minimum atomic E-state index is -0.399. The maximum atomic E-state index is 14.4. The van der Waals surface area contributed by atoms with Crippen molar-refractivity contribution in [2.24, 2.45) is 5.10 Å². The van der Waals surface area contributed by atoms with Crippen LogP contribution >= 0.6 is 11.8 Å². The van der Waals surface area contributed by atoms with Crippen molar-refractivity contribution in [2.75, 3.05) is 36.0 Å². The summed E-state index contributed by atoms with van der Waals surface area (Å²) in [5, 5.41) is 6.44. The van der Waals surface area contributed by atoms with Gasteiger partial charge in [0.15, 0.2) is 0 Å². The first-order valence-corrected chi connectivity index (χ1v) is 8.47. The van der Waals surface area contributed by atoms with Crippen molar-refractivity contribution in [3.63, 3.8) is 0 Å². The summed E-state index contributed by atoms with van der Waals surface area (Å²) in [7, 11) is 0. The van der Waals surface area contributed by atoms with Crippen molar-refractivity contribution in [3.8, 4) is 0 Å². The number of hydrogen-bond donors (Lipinski definition) is 2. The number of thioether (sulfide) groups is 1. The van der Waals surface area contributed by atoms with Gasteiger partial charge in [0.2, 0.25) is 5.91 Å². The van der Waals surface area contributed by atoms with E-state index in [4.69, 9.17) is 0 Å². The first kappa shape index (κ1) is 16.6. The molecule has 2 heterocycles. The molecule has 128 valence electrons. The van der Waals surface area contributed by atoms with E-state index in [0.717, 1.165) is 11.8 Å². The lowest BCUT2D eigenvalue weighted by atomic mass is 10.2. The van der Waals surface area contributed by atoms with Gasteiger partial charge < -0.3 is 20.5 Å². The normalized spacial score (nSPS) is 20.2. The Bertz CT molecular complexity index is 684. The molecule has 0 aliphatic carbocycles. The van der Waals surface area contributed by atoms with Gasteiger partial charge in [-0.3, -0.25) is 9.59 Å². The minimum absolute atomic E-state index is 0.0376. The topological polar surface area (TPSA) is 77.0 Å². The average molecular weight is 351 g/mol. The molecule has 0 radical (unpaired) electrons. The van der Waals surface area contributed by atoms with Gasteiger partial charge in [-0.05, 0) is 18.2 Å². The Balaban J connectivity index is 1.72. The van der Waals surface area contributed by atoms with E-state index in [1.54, 1.807) is 23.4 Å². The summed E-state index contributed by atoms with van der Waals surface area (Å²) in [6.45, 7) is 3.56. The van der Waals surface area contributed by atoms with Crippen molar-refractivity contribution in [2.45, 2.75) is 12.2 Å². The maximum Gasteiger partial charge on any atom is 0.286 e. The minimum Gasteiger partial charge on any atom is -0.355 e. The zero-order valence-electron chi connectivity index (χ0n) is 13.2. The number of hydrogen-bond acceptors (Lipinski definition) is 6. The third kappa shape index (κ3) is 3.61. The summed E-state index contributed by atoms with van der Waals surface area (Å²) in [5.41, 5.74) is 3.76. The molecule has 0 spiro atoms. The van der Waals surface area contributed by atoms with E-state index in [0.29, 0.717) is 37.6 Å². The highest BCUT2D eigenvalue weighted by Gasteiger charge is 2.32. The number of carbonyl (C=O) groups is 2. The molecule has 3 rings (SSSR count). The number of nitrogens with zero attached hydrogens (tertiary/aromatic N) is 3. The molecule has 1 aromatic carbocycles. The van der Waals surface area contributed by atoms with E-state index in [9.17, 15) is 14.0 Å². The van der Waals surface area contributed by atoms with Crippen LogP contribution in [0, 0.1) is 5.82 Å². The second-order valence-corrected chi connectivity index (χ2v) is 6.79. The molecule has 2 amide bonds. The Morgan fingerprint density at radius 1 is 1.54 bits per heavy atom. The predicted octanol–water partition coefficient (Wildman–Crippen LogP) is 1.36. The van der Waals surface area contributed by atoms with Crippen molar-refractivity contribution in [1.29, 1.82) is 0 Å². The summed E-state index contributed by atoms with van der Waals surface area (Å²) in [4.78, 5) is 26.4. The van der Waals surface area contributed by atoms with E-state index >= 15 is 0 Å². The lowest BCUT2D eigenvalue weighted by Gasteiger charge is -2.24. The lowest BCUT2D eigenvalue weighted by Crippen LogP contribution is -2.35. The second-order valence-electron chi connectivity index (χ2n) is 5.54. The van der Waals surface area contributed by atoms with Crippen LogP contribution in [0.2, 0.25) is 0 Å². The number of nitrogens with one attached hydrogen (secondary N) is 2. The van der Waals surface area contributed by atoms with Crippen molar-refractivity contribution in [1.82, 2.24) is 10.7 Å². The van der Waals surface area contributed by atoms with Crippen molar-refractivity contribution < 1.29 is 14.0 Å². The number of rotatable bonds is 4. The SMILES string of the molecule is CC(=O)NC[C@H]1CN(c2ccc(N3C=NNCC3)c(F)c2)C(=O)S1. The number of amides is 2. The molecule has 0 unspecified atom stereocenters. The fraction of sp³-hybridized carbons (Fsp3) is 0.400. The molecule has 0 aromatic heterocycles. The van der Waals surface area contributed by atoms with E-state index in [2.05, 4.69) is 15.8 Å². The lowest BCUT2D eigenvalue weighted by molar-refractivity contribution is -0.118. The molecular weight excluding hydrogens is 333 g/mol. The van der Waals surface area contributed by atoms with Crippen LogP contribution < -0.4 is 20.5 Å². The van der Waals surface area contributed by atoms with Gasteiger partial charge in [-0.15, -0.1) is 0 Å². The summed E-state index contributed by atoms with van der Waals surface area (Å²) < 4.78 is 14.4. The monoisotopic (exact) mass is 351 g/mol. The van der Waals surface area contributed by atoms with Gasteiger partial charge in [0.25, 0.3) is 5.24 Å². The van der Waals surface area contributed by atoms with Gasteiger partial charge in [0.1, 0.15) is 12.2 Å². The molecular formula is C15H18FN5O2S. The molecule has 2 N–H and O–H groups in total. The van der Waals surface area contributed by atoms with Gasteiger partial charge in [0, 0.05) is 37.5 Å². The van der Waals surface area contributed by atoms with Crippen molar-refractivity contribution >= 4 is 40.6 Å². The number of hydrazone groups is 1. The zero-order valence-corrected chi connectivity index (χ0v) is 14.0. The molecule has 1 saturated heterocycles. The summed E-state index contributed by atoms with van der Waals surface area (Å²) in [6, 6.07) is 4.75. The van der Waals surface area contributed by atoms with Gasteiger partial charge in [-0.25, -0.2) is 4.39 Å². The molecule has 0 saturated carbocycles. The highest BCUT2D eigenvalue weighted by Crippen LogP contribution is 2.32. The quantitative estimate of drug-likeness (QED) is 0.856. The molecule has 1 aromatic rings. The summed E-state index contributed by atoms with van der Waals surface area (Å²) in [6.07, 6.45) is 1.54. The molecule has 2 aliphatic heterocycles. The number of anilines is 2. The standard InChI is InChI=1S/C15H18FN5O2S/c1-10(22)17-7-12-8-21(15(23)24-12)11-2-3-14(13(16)6-11)20-5-4-18-19-9-20/h2-3,6,9,12,18H,4-5,7-8H2,1H3,(H,17,22)/t12-/m0/s1. The van der Waals surface area contributed by atoms with E-state index < -0.39 is 5.82 Å². The third-order valence-electron chi connectivity index (χ3n) is 3.76. The predicted molar refractivity (Wildman–Crippen MR) is 93.0 cm³/mol. The van der Waals surface area contributed by atoms with Gasteiger partial charge in [-0.2, -0.15) is 5.10 Å². The Hall–Kier alpha value is -2.29. The molecule has 0 bridgehead atoms. The van der Waals surface area contributed by atoms with Crippen LogP contribution in [0.1, 0.15) is 6.92 Å². The van der Waals surface area contributed by atoms with Gasteiger partial charge >= 0.3 is 0 Å². The van der Waals surface area contributed by atoms with E-state index in [1.165, 1.54) is 17.9 Å². The Labute approximate surface area is 143 Å².